The quantitative estimate of drug-likeness (QED) is 0.552. The van der Waals surface area contributed by atoms with Crippen molar-refractivity contribution in [1.29, 1.82) is 0 Å². The van der Waals surface area contributed by atoms with Crippen LogP contribution in [0.25, 0.3) is 0 Å². The lowest BCUT2D eigenvalue weighted by Gasteiger charge is -1.86. The van der Waals surface area contributed by atoms with Crippen LogP contribution >= 0.6 is 24.2 Å². The second-order valence-corrected chi connectivity index (χ2v) is 2.23. The molecule has 0 saturated carbocycles. The van der Waals surface area contributed by atoms with Crippen LogP contribution in [-0.4, -0.2) is 4.98 Å². The van der Waals surface area contributed by atoms with Gasteiger partial charge in [-0.1, -0.05) is 11.6 Å². The summed E-state index contributed by atoms with van der Waals surface area (Å²) in [7, 11) is 0. The zero-order valence-corrected chi connectivity index (χ0v) is 5.65. The van der Waals surface area contributed by atoms with Gasteiger partial charge < -0.3 is 0 Å². The molecule has 0 aliphatic heterocycles. The van der Waals surface area contributed by atoms with E-state index in [1.807, 2.05) is 0 Å². The van der Waals surface area contributed by atoms with Crippen molar-refractivity contribution in [2.45, 2.75) is 5.03 Å². The molecule has 0 radical (unpaired) electrons. The van der Waals surface area contributed by atoms with Gasteiger partial charge in [0.15, 0.2) is 0 Å². The van der Waals surface area contributed by atoms with Gasteiger partial charge in [-0.15, -0.1) is 12.6 Å². The SMILES string of the molecule is Sc1ccc(Cl)cn1. The molecule has 1 aromatic heterocycles. The predicted octanol–water partition coefficient (Wildman–Crippen LogP) is 2.02. The number of nitrogens with zero attached hydrogens (tertiary/aromatic N) is 1. The summed E-state index contributed by atoms with van der Waals surface area (Å²) in [4.78, 5) is 3.81. The van der Waals surface area contributed by atoms with E-state index in [-0.39, 0.29) is 0 Å². The Bertz CT molecular complexity index is 151. The molecule has 0 bridgehead atoms. The van der Waals surface area contributed by atoms with Crippen molar-refractivity contribution in [2.24, 2.45) is 0 Å². The normalized spacial score (nSPS) is 9.25. The van der Waals surface area contributed by atoms with Gasteiger partial charge in [-0.25, -0.2) is 4.98 Å². The van der Waals surface area contributed by atoms with Gasteiger partial charge >= 0.3 is 0 Å². The first kappa shape index (κ1) is 5.92. The van der Waals surface area contributed by atoms with Crippen LogP contribution in [0.5, 0.6) is 0 Å². The largest absolute Gasteiger partial charge is 0.249 e. The van der Waals surface area contributed by atoms with Gasteiger partial charge in [-0.2, -0.15) is 0 Å². The molecule has 1 heterocycles. The lowest BCUT2D eigenvalue weighted by atomic mass is 10.5. The standard InChI is InChI=1S/C5H4ClNS/c6-4-1-2-5(8)7-3-4/h1-3H,(H,7,8). The minimum atomic E-state index is 0.641. The third-order valence-corrected chi connectivity index (χ3v) is 1.20. The Kier molecular flexibility index (Phi) is 1.76. The van der Waals surface area contributed by atoms with Gasteiger partial charge in [0.05, 0.1) is 10.0 Å². The van der Waals surface area contributed by atoms with E-state index >= 15 is 0 Å². The van der Waals surface area contributed by atoms with Crippen molar-refractivity contribution in [3.63, 3.8) is 0 Å². The molecule has 0 unspecified atom stereocenters. The van der Waals surface area contributed by atoms with Crippen molar-refractivity contribution < 1.29 is 0 Å². The molecular formula is C5H4ClNS. The highest BCUT2D eigenvalue weighted by Gasteiger charge is 1.84. The first-order chi connectivity index (χ1) is 3.79. The highest BCUT2D eigenvalue weighted by atomic mass is 35.5. The molecule has 0 saturated heterocycles. The summed E-state index contributed by atoms with van der Waals surface area (Å²) >= 11 is 9.48. The van der Waals surface area contributed by atoms with Crippen LogP contribution in [0.1, 0.15) is 0 Å². The third kappa shape index (κ3) is 1.39. The van der Waals surface area contributed by atoms with E-state index in [1.54, 1.807) is 18.3 Å². The van der Waals surface area contributed by atoms with Crippen molar-refractivity contribution >= 4 is 24.2 Å². The molecule has 3 heteroatoms. The molecule has 0 fully saturated rings. The van der Waals surface area contributed by atoms with E-state index in [1.165, 1.54) is 0 Å². The maximum absolute atomic E-state index is 5.52. The molecule has 42 valence electrons. The van der Waals surface area contributed by atoms with Crippen molar-refractivity contribution in [3.05, 3.63) is 23.4 Å². The topological polar surface area (TPSA) is 12.9 Å². The van der Waals surface area contributed by atoms with Gasteiger partial charge in [0, 0.05) is 6.20 Å². The Labute approximate surface area is 58.1 Å². The van der Waals surface area contributed by atoms with Crippen molar-refractivity contribution in [1.82, 2.24) is 4.98 Å². The molecule has 0 amide bonds. The highest BCUT2D eigenvalue weighted by Crippen LogP contribution is 2.07. The second-order valence-electron chi connectivity index (χ2n) is 1.33. The molecule has 8 heavy (non-hydrogen) atoms. The van der Waals surface area contributed by atoms with Gasteiger partial charge in [-0.3, -0.25) is 0 Å². The fourth-order valence-corrected chi connectivity index (χ4v) is 0.612. The van der Waals surface area contributed by atoms with E-state index < -0.39 is 0 Å². The van der Waals surface area contributed by atoms with Crippen molar-refractivity contribution in [2.75, 3.05) is 0 Å². The maximum atomic E-state index is 5.52. The van der Waals surface area contributed by atoms with E-state index in [0.717, 1.165) is 0 Å². The van der Waals surface area contributed by atoms with Crippen LogP contribution < -0.4 is 0 Å². The summed E-state index contributed by atoms with van der Waals surface area (Å²) in [5.74, 6) is 0. The predicted molar refractivity (Wildman–Crippen MR) is 36.5 cm³/mol. The average Bonchev–Trinajstić information content (AvgIpc) is 1.77. The molecule has 0 aliphatic rings. The Morgan fingerprint density at radius 1 is 1.50 bits per heavy atom. The van der Waals surface area contributed by atoms with E-state index in [9.17, 15) is 0 Å². The summed E-state index contributed by atoms with van der Waals surface area (Å²) in [6.45, 7) is 0. The lowest BCUT2D eigenvalue weighted by molar-refractivity contribution is 1.14. The molecule has 0 aliphatic carbocycles. The number of hydrogen-bond acceptors (Lipinski definition) is 2. The summed E-state index contributed by atoms with van der Waals surface area (Å²) < 4.78 is 0. The van der Waals surface area contributed by atoms with Gasteiger partial charge in [-0.05, 0) is 12.1 Å². The van der Waals surface area contributed by atoms with Crippen LogP contribution in [0.3, 0.4) is 0 Å². The molecular weight excluding hydrogens is 142 g/mol. The number of pyridine rings is 1. The fourth-order valence-electron chi connectivity index (χ4n) is 0.368. The van der Waals surface area contributed by atoms with Gasteiger partial charge in [0.1, 0.15) is 0 Å². The van der Waals surface area contributed by atoms with E-state index in [4.69, 9.17) is 11.6 Å². The number of hydrogen-bond donors (Lipinski definition) is 1. The van der Waals surface area contributed by atoms with Crippen LogP contribution in [-0.2, 0) is 0 Å². The second kappa shape index (κ2) is 2.37. The van der Waals surface area contributed by atoms with Crippen LogP contribution in [0.15, 0.2) is 23.4 Å². The smallest absolute Gasteiger partial charge is 0.0930 e. The van der Waals surface area contributed by atoms with Crippen molar-refractivity contribution in [3.8, 4) is 0 Å². The van der Waals surface area contributed by atoms with Crippen LogP contribution in [0, 0.1) is 0 Å². The Morgan fingerprint density at radius 3 is 2.62 bits per heavy atom. The first-order valence-corrected chi connectivity index (χ1v) is 2.92. The summed E-state index contributed by atoms with van der Waals surface area (Å²) in [6.07, 6.45) is 1.56. The first-order valence-electron chi connectivity index (χ1n) is 2.09. The summed E-state index contributed by atoms with van der Waals surface area (Å²) in [5, 5.41) is 1.33. The molecule has 0 N–H and O–H groups in total. The average molecular weight is 146 g/mol. The van der Waals surface area contributed by atoms with Crippen LogP contribution in [0.2, 0.25) is 5.02 Å². The third-order valence-electron chi connectivity index (χ3n) is 0.712. The molecule has 1 rings (SSSR count). The number of thiol groups is 1. The summed E-state index contributed by atoms with van der Waals surface area (Å²) in [6, 6.07) is 3.49. The number of rotatable bonds is 0. The Balaban J connectivity index is 3.03. The van der Waals surface area contributed by atoms with Gasteiger partial charge in [0.2, 0.25) is 0 Å². The minimum Gasteiger partial charge on any atom is -0.249 e. The molecule has 1 aromatic rings. The van der Waals surface area contributed by atoms with E-state index in [2.05, 4.69) is 17.6 Å². The minimum absolute atomic E-state index is 0.641. The molecule has 0 aromatic carbocycles. The Morgan fingerprint density at radius 2 is 2.25 bits per heavy atom. The number of aromatic nitrogens is 1. The molecule has 0 atom stereocenters. The molecule has 1 nitrogen and oxygen atoms in total. The fraction of sp³-hybridized carbons (Fsp3) is 0. The zero-order chi connectivity index (χ0) is 5.98. The summed E-state index contributed by atoms with van der Waals surface area (Å²) in [5.41, 5.74) is 0. The van der Waals surface area contributed by atoms with E-state index in [0.29, 0.717) is 10.0 Å². The number of halogens is 1. The Hall–Kier alpha value is -0.210. The lowest BCUT2D eigenvalue weighted by Crippen LogP contribution is -1.70. The highest BCUT2D eigenvalue weighted by molar-refractivity contribution is 7.80. The zero-order valence-electron chi connectivity index (χ0n) is 4.00. The maximum Gasteiger partial charge on any atom is 0.0930 e. The molecule has 0 spiro atoms. The van der Waals surface area contributed by atoms with Gasteiger partial charge in [0.25, 0.3) is 0 Å². The van der Waals surface area contributed by atoms with Crippen LogP contribution in [0.4, 0.5) is 0 Å². The monoisotopic (exact) mass is 145 g/mol.